The highest BCUT2D eigenvalue weighted by atomic mass is 79.9. The fraction of sp³-hybridized carbons (Fsp3) is 0.154. The second-order valence-electron chi connectivity index (χ2n) is 8.62. The Morgan fingerprint density at radius 1 is 1.03 bits per heavy atom. The van der Waals surface area contributed by atoms with Crippen LogP contribution in [-0.4, -0.2) is 21.4 Å². The number of imide groups is 1. The van der Waals surface area contributed by atoms with Gasteiger partial charge in [-0.25, -0.2) is 0 Å². The smallest absolute Gasteiger partial charge is 0.259 e. The lowest BCUT2D eigenvalue weighted by Gasteiger charge is -2.16. The molecule has 0 bridgehead atoms. The molecule has 0 saturated heterocycles. The minimum Gasteiger partial charge on any atom is -0.353 e. The highest BCUT2D eigenvalue weighted by Crippen LogP contribution is 2.45. The molecule has 156 valence electrons. The average molecular weight is 484 g/mol. The van der Waals surface area contributed by atoms with E-state index in [1.54, 1.807) is 0 Å². The number of aromatic nitrogens is 2. The van der Waals surface area contributed by atoms with Gasteiger partial charge in [0.15, 0.2) is 0 Å². The maximum atomic E-state index is 13.2. The zero-order valence-corrected chi connectivity index (χ0v) is 18.6. The fourth-order valence-corrected chi connectivity index (χ4v) is 6.04. The highest BCUT2D eigenvalue weighted by Gasteiger charge is 2.37. The lowest BCUT2D eigenvalue weighted by atomic mass is 9.95. The number of hydrogen-bond acceptors (Lipinski definition) is 2. The van der Waals surface area contributed by atoms with Crippen LogP contribution in [0.25, 0.3) is 38.8 Å². The van der Waals surface area contributed by atoms with Crippen molar-refractivity contribution in [1.29, 1.82) is 0 Å². The Labute approximate surface area is 191 Å². The van der Waals surface area contributed by atoms with Crippen molar-refractivity contribution < 1.29 is 9.59 Å². The predicted octanol–water partition coefficient (Wildman–Crippen LogP) is 5.94. The van der Waals surface area contributed by atoms with Crippen LogP contribution >= 0.6 is 15.9 Å². The largest absolute Gasteiger partial charge is 0.353 e. The summed E-state index contributed by atoms with van der Waals surface area (Å²) in [6, 6.07) is 6.24. The van der Waals surface area contributed by atoms with Crippen LogP contribution in [0.15, 0.2) is 53.1 Å². The minimum absolute atomic E-state index is 0.212. The molecular weight excluding hydrogens is 466 g/mol. The molecule has 0 fully saturated rings. The van der Waals surface area contributed by atoms with Gasteiger partial charge in [0.05, 0.1) is 28.2 Å². The monoisotopic (exact) mass is 483 g/mol. The molecule has 32 heavy (non-hydrogen) atoms. The molecule has 6 heteroatoms. The predicted molar refractivity (Wildman–Crippen MR) is 130 cm³/mol. The second kappa shape index (κ2) is 6.33. The zero-order valence-electron chi connectivity index (χ0n) is 17.0. The van der Waals surface area contributed by atoms with Gasteiger partial charge >= 0.3 is 0 Å². The summed E-state index contributed by atoms with van der Waals surface area (Å²) < 4.78 is 3.31. The quantitative estimate of drug-likeness (QED) is 0.260. The number of amides is 2. The van der Waals surface area contributed by atoms with E-state index < -0.39 is 0 Å². The molecule has 5 nitrogen and oxygen atoms in total. The summed E-state index contributed by atoms with van der Waals surface area (Å²) in [5.74, 6) is -0.625. The van der Waals surface area contributed by atoms with Crippen LogP contribution < -0.4 is 5.32 Å². The first-order valence-electron chi connectivity index (χ1n) is 10.8. The van der Waals surface area contributed by atoms with Crippen molar-refractivity contribution in [2.24, 2.45) is 0 Å². The minimum atomic E-state index is -0.320. The molecule has 1 atom stereocenters. The van der Waals surface area contributed by atoms with Gasteiger partial charge in [0.25, 0.3) is 11.8 Å². The van der Waals surface area contributed by atoms with Crippen LogP contribution in [0.3, 0.4) is 0 Å². The summed E-state index contributed by atoms with van der Waals surface area (Å²) in [7, 11) is 0. The first-order chi connectivity index (χ1) is 15.6. The van der Waals surface area contributed by atoms with Crippen molar-refractivity contribution in [3.63, 3.8) is 0 Å². The second-order valence-corrected chi connectivity index (χ2v) is 9.54. The topological polar surface area (TPSA) is 66.9 Å². The number of nitrogens with zero attached hydrogens (tertiary/aromatic N) is 1. The van der Waals surface area contributed by atoms with Gasteiger partial charge in [-0.3, -0.25) is 14.9 Å². The summed E-state index contributed by atoms with van der Waals surface area (Å²) >= 11 is 3.57. The van der Waals surface area contributed by atoms with E-state index in [0.717, 1.165) is 61.3 Å². The molecule has 2 amide bonds. The van der Waals surface area contributed by atoms with Crippen molar-refractivity contribution in [3.05, 3.63) is 75.4 Å². The van der Waals surface area contributed by atoms with E-state index in [1.165, 1.54) is 0 Å². The van der Waals surface area contributed by atoms with Gasteiger partial charge in [0, 0.05) is 31.8 Å². The number of halogens is 1. The maximum absolute atomic E-state index is 13.2. The van der Waals surface area contributed by atoms with Crippen molar-refractivity contribution in [2.45, 2.75) is 25.3 Å². The number of benzene rings is 2. The molecule has 1 aliphatic heterocycles. The molecule has 7 rings (SSSR count). The van der Waals surface area contributed by atoms with Gasteiger partial charge in [-0.2, -0.15) is 0 Å². The van der Waals surface area contributed by atoms with Gasteiger partial charge in [-0.15, -0.1) is 0 Å². The molecule has 1 unspecified atom stereocenters. The molecule has 2 aromatic carbocycles. The number of H-pyrrole nitrogens is 1. The van der Waals surface area contributed by atoms with E-state index >= 15 is 0 Å². The summed E-state index contributed by atoms with van der Waals surface area (Å²) in [6.07, 6.45) is 15.6. The SMILES string of the molecule is O=C1NC(=O)c2c1c1c3c(n(C4C=CCC4)c1c1[nH]c4ccc(Br)cc4c21)C=CC=CC3. The number of carbonyl (C=O) groups is 2. The third kappa shape index (κ3) is 2.22. The van der Waals surface area contributed by atoms with Crippen LogP contribution in [-0.2, 0) is 6.42 Å². The van der Waals surface area contributed by atoms with Crippen LogP contribution in [0.5, 0.6) is 0 Å². The van der Waals surface area contributed by atoms with Crippen molar-refractivity contribution in [3.8, 4) is 0 Å². The fourth-order valence-electron chi connectivity index (χ4n) is 5.68. The Morgan fingerprint density at radius 3 is 2.69 bits per heavy atom. The van der Waals surface area contributed by atoms with E-state index in [9.17, 15) is 9.59 Å². The van der Waals surface area contributed by atoms with Crippen LogP contribution in [0.2, 0.25) is 0 Å². The summed E-state index contributed by atoms with van der Waals surface area (Å²) in [4.78, 5) is 29.8. The van der Waals surface area contributed by atoms with E-state index in [2.05, 4.69) is 61.2 Å². The van der Waals surface area contributed by atoms with E-state index in [0.29, 0.717) is 17.5 Å². The van der Waals surface area contributed by atoms with Crippen LogP contribution in [0.4, 0.5) is 0 Å². The van der Waals surface area contributed by atoms with Crippen molar-refractivity contribution in [2.75, 3.05) is 0 Å². The van der Waals surface area contributed by atoms with Crippen molar-refractivity contribution in [1.82, 2.24) is 14.9 Å². The number of hydrogen-bond donors (Lipinski definition) is 2. The number of aromatic amines is 1. The molecule has 3 heterocycles. The number of nitrogens with one attached hydrogen (secondary N) is 2. The third-order valence-corrected chi connectivity index (χ3v) is 7.41. The Hall–Kier alpha value is -3.38. The van der Waals surface area contributed by atoms with Crippen LogP contribution in [0, 0.1) is 0 Å². The molecular formula is C26H18BrN3O2. The van der Waals surface area contributed by atoms with Gasteiger partial charge < -0.3 is 9.55 Å². The molecule has 2 aliphatic carbocycles. The molecule has 0 spiro atoms. The summed E-state index contributed by atoms with van der Waals surface area (Å²) in [5, 5.41) is 5.23. The lowest BCUT2D eigenvalue weighted by Crippen LogP contribution is -2.20. The van der Waals surface area contributed by atoms with Crippen LogP contribution in [0.1, 0.15) is 50.9 Å². The summed E-state index contributed by atoms with van der Waals surface area (Å²) in [6.45, 7) is 0. The number of fused-ring (bicyclic) bond motifs is 10. The molecule has 3 aliphatic rings. The van der Waals surface area contributed by atoms with E-state index in [-0.39, 0.29) is 17.9 Å². The molecule has 4 aromatic rings. The number of allylic oxidation sites excluding steroid dienone is 5. The lowest BCUT2D eigenvalue weighted by molar-refractivity contribution is 0.0880. The molecule has 0 saturated carbocycles. The normalized spacial score (nSPS) is 19.3. The highest BCUT2D eigenvalue weighted by molar-refractivity contribution is 9.10. The van der Waals surface area contributed by atoms with Crippen molar-refractivity contribution >= 4 is 66.5 Å². The molecule has 2 aromatic heterocycles. The Morgan fingerprint density at radius 2 is 1.88 bits per heavy atom. The Balaban J connectivity index is 1.79. The number of rotatable bonds is 1. The van der Waals surface area contributed by atoms with Gasteiger partial charge in [-0.1, -0.05) is 46.3 Å². The molecule has 2 N–H and O–H groups in total. The van der Waals surface area contributed by atoms with E-state index in [1.807, 2.05) is 24.3 Å². The zero-order chi connectivity index (χ0) is 21.6. The Kier molecular flexibility index (Phi) is 3.60. The maximum Gasteiger partial charge on any atom is 0.259 e. The Bertz CT molecular complexity index is 1630. The standard InChI is InChI=1S/C26H18BrN3O2/c27-13-10-11-17-16(12-13)19-21-22(26(32)29-25(21)31)20-15-8-2-1-3-9-18(15)30(14-6-4-5-7-14)24(20)23(19)28-17/h1-4,6,9-12,14,28H,5,7-8H2,(H,29,31,32). The third-order valence-electron chi connectivity index (χ3n) is 6.92. The van der Waals surface area contributed by atoms with Gasteiger partial charge in [0.1, 0.15) is 0 Å². The van der Waals surface area contributed by atoms with Gasteiger partial charge in [-0.05, 0) is 49.1 Å². The number of carbonyl (C=O) groups excluding carboxylic acids is 2. The van der Waals surface area contributed by atoms with Gasteiger partial charge in [0.2, 0.25) is 0 Å². The first kappa shape index (κ1) is 18.2. The summed E-state index contributed by atoms with van der Waals surface area (Å²) in [5.41, 5.74) is 6.10. The molecule has 0 radical (unpaired) electrons. The first-order valence-corrected chi connectivity index (χ1v) is 11.6. The van der Waals surface area contributed by atoms with E-state index in [4.69, 9.17) is 0 Å². The average Bonchev–Trinajstić information content (AvgIpc) is 3.50.